The van der Waals surface area contributed by atoms with Crippen LogP contribution in [0.25, 0.3) is 0 Å². The number of anilines is 1. The molecule has 0 fully saturated rings. The molecule has 1 aliphatic heterocycles. The van der Waals surface area contributed by atoms with Crippen molar-refractivity contribution in [2.75, 3.05) is 18.5 Å². The van der Waals surface area contributed by atoms with Gasteiger partial charge in [-0.1, -0.05) is 17.7 Å². The first kappa shape index (κ1) is 15.1. The number of non-ortho nitro benzene ring substituents is 1. The number of halogens is 1. The second-order valence-electron chi connectivity index (χ2n) is 4.74. The number of nitro benzene ring substituents is 1. The Morgan fingerprint density at radius 2 is 2.00 bits per heavy atom. The number of benzene rings is 2. The van der Waals surface area contributed by atoms with Crippen molar-refractivity contribution < 1.29 is 19.2 Å². The minimum Gasteiger partial charge on any atom is -0.486 e. The summed E-state index contributed by atoms with van der Waals surface area (Å²) in [4.78, 5) is 22.4. The Hall–Kier alpha value is -2.80. The first-order valence-electron chi connectivity index (χ1n) is 6.69. The van der Waals surface area contributed by atoms with Gasteiger partial charge in [-0.2, -0.15) is 0 Å². The highest BCUT2D eigenvalue weighted by Gasteiger charge is 2.18. The second kappa shape index (κ2) is 6.13. The van der Waals surface area contributed by atoms with E-state index in [1.54, 1.807) is 6.07 Å². The SMILES string of the molecule is O=C(Nc1cc(Cl)c2c(c1)OCCO2)c1cccc([N+](=O)[O-])c1. The van der Waals surface area contributed by atoms with Crippen LogP contribution >= 0.6 is 11.6 Å². The number of ether oxygens (including phenoxy) is 2. The summed E-state index contributed by atoms with van der Waals surface area (Å²) in [5.74, 6) is 0.394. The number of carbonyl (C=O) groups excluding carboxylic acids is 1. The van der Waals surface area contributed by atoms with Gasteiger partial charge in [0.25, 0.3) is 11.6 Å². The van der Waals surface area contributed by atoms with Crippen molar-refractivity contribution in [3.63, 3.8) is 0 Å². The van der Waals surface area contributed by atoms with Gasteiger partial charge in [0.1, 0.15) is 13.2 Å². The van der Waals surface area contributed by atoms with Crippen LogP contribution in [0.1, 0.15) is 10.4 Å². The van der Waals surface area contributed by atoms with Crippen molar-refractivity contribution >= 4 is 28.9 Å². The van der Waals surface area contributed by atoms with E-state index in [1.807, 2.05) is 0 Å². The van der Waals surface area contributed by atoms with Crippen molar-refractivity contribution in [2.24, 2.45) is 0 Å². The van der Waals surface area contributed by atoms with Crippen LogP contribution in [0, 0.1) is 10.1 Å². The van der Waals surface area contributed by atoms with Crippen molar-refractivity contribution in [1.29, 1.82) is 0 Å². The molecule has 0 aliphatic carbocycles. The van der Waals surface area contributed by atoms with E-state index in [4.69, 9.17) is 21.1 Å². The third kappa shape index (κ3) is 3.19. The number of carbonyl (C=O) groups is 1. The molecule has 23 heavy (non-hydrogen) atoms. The van der Waals surface area contributed by atoms with E-state index >= 15 is 0 Å². The van der Waals surface area contributed by atoms with Gasteiger partial charge in [0.15, 0.2) is 11.5 Å². The standard InChI is InChI=1S/C15H11ClN2O5/c16-12-7-10(8-13-14(12)23-5-4-22-13)17-15(19)9-2-1-3-11(6-9)18(20)21/h1-3,6-8H,4-5H2,(H,17,19). The van der Waals surface area contributed by atoms with E-state index in [2.05, 4.69) is 5.32 Å². The molecule has 0 radical (unpaired) electrons. The minimum atomic E-state index is -0.558. The van der Waals surface area contributed by atoms with Gasteiger partial charge in [-0.05, 0) is 12.1 Å². The van der Waals surface area contributed by atoms with Crippen molar-refractivity contribution in [3.05, 3.63) is 57.1 Å². The molecule has 0 atom stereocenters. The molecule has 1 N–H and O–H groups in total. The maximum atomic E-state index is 12.2. The Balaban J connectivity index is 1.84. The quantitative estimate of drug-likeness (QED) is 0.687. The Morgan fingerprint density at radius 3 is 2.78 bits per heavy atom. The monoisotopic (exact) mass is 334 g/mol. The highest BCUT2D eigenvalue weighted by Crippen LogP contribution is 2.40. The van der Waals surface area contributed by atoms with Crippen LogP contribution in [0.15, 0.2) is 36.4 Å². The summed E-state index contributed by atoms with van der Waals surface area (Å²) in [7, 11) is 0. The lowest BCUT2D eigenvalue weighted by molar-refractivity contribution is -0.384. The normalized spacial score (nSPS) is 12.6. The summed E-state index contributed by atoms with van der Waals surface area (Å²) in [6.07, 6.45) is 0. The molecule has 3 rings (SSSR count). The minimum absolute atomic E-state index is 0.155. The largest absolute Gasteiger partial charge is 0.486 e. The molecule has 0 aromatic heterocycles. The average molecular weight is 335 g/mol. The van der Waals surface area contributed by atoms with Crippen LogP contribution in [-0.4, -0.2) is 24.0 Å². The van der Waals surface area contributed by atoms with Gasteiger partial charge in [-0.15, -0.1) is 0 Å². The van der Waals surface area contributed by atoms with Crippen molar-refractivity contribution in [2.45, 2.75) is 0 Å². The van der Waals surface area contributed by atoms with E-state index < -0.39 is 10.8 Å². The summed E-state index contributed by atoms with van der Waals surface area (Å²) >= 11 is 6.10. The van der Waals surface area contributed by atoms with Crippen molar-refractivity contribution in [3.8, 4) is 11.5 Å². The van der Waals surface area contributed by atoms with Gasteiger partial charge >= 0.3 is 0 Å². The Kier molecular flexibility index (Phi) is 4.03. The molecule has 2 aromatic rings. The Labute approximate surface area is 135 Å². The fraction of sp³-hybridized carbons (Fsp3) is 0.133. The first-order valence-corrected chi connectivity index (χ1v) is 7.07. The molecular weight excluding hydrogens is 324 g/mol. The van der Waals surface area contributed by atoms with Crippen LogP contribution in [0.2, 0.25) is 5.02 Å². The van der Waals surface area contributed by atoms with E-state index in [0.29, 0.717) is 35.4 Å². The molecule has 1 heterocycles. The first-order chi connectivity index (χ1) is 11.0. The predicted molar refractivity (Wildman–Crippen MR) is 83.5 cm³/mol. The average Bonchev–Trinajstić information content (AvgIpc) is 2.55. The van der Waals surface area contributed by atoms with Crippen LogP contribution in [0.3, 0.4) is 0 Å². The molecule has 118 valence electrons. The fourth-order valence-electron chi connectivity index (χ4n) is 2.15. The maximum Gasteiger partial charge on any atom is 0.270 e. The topological polar surface area (TPSA) is 90.7 Å². The summed E-state index contributed by atoms with van der Waals surface area (Å²) in [6.45, 7) is 0.803. The lowest BCUT2D eigenvalue weighted by atomic mass is 10.2. The lowest BCUT2D eigenvalue weighted by Crippen LogP contribution is -2.17. The molecule has 2 aromatic carbocycles. The number of amides is 1. The van der Waals surface area contributed by atoms with E-state index in [0.717, 1.165) is 0 Å². The Bertz CT molecular complexity index is 793. The molecule has 1 aliphatic rings. The van der Waals surface area contributed by atoms with Gasteiger partial charge in [0.05, 0.1) is 9.95 Å². The molecule has 0 unspecified atom stereocenters. The molecular formula is C15H11ClN2O5. The smallest absolute Gasteiger partial charge is 0.270 e. The highest BCUT2D eigenvalue weighted by molar-refractivity contribution is 6.32. The summed E-state index contributed by atoms with van der Waals surface area (Å²) in [5, 5.41) is 13.7. The summed E-state index contributed by atoms with van der Waals surface area (Å²) in [6, 6.07) is 8.58. The number of hydrogen-bond donors (Lipinski definition) is 1. The maximum absolute atomic E-state index is 12.2. The molecule has 7 nitrogen and oxygen atoms in total. The summed E-state index contributed by atoms with van der Waals surface area (Å²) < 4.78 is 10.8. The molecule has 1 amide bonds. The van der Waals surface area contributed by atoms with Crippen LogP contribution in [-0.2, 0) is 0 Å². The molecule has 0 saturated carbocycles. The zero-order valence-electron chi connectivity index (χ0n) is 11.7. The van der Waals surface area contributed by atoms with Crippen molar-refractivity contribution in [1.82, 2.24) is 0 Å². The van der Waals surface area contributed by atoms with Gasteiger partial charge in [-0.25, -0.2) is 0 Å². The molecule has 0 saturated heterocycles. The number of nitro groups is 1. The van der Waals surface area contributed by atoms with Gasteiger partial charge in [-0.3, -0.25) is 14.9 Å². The zero-order chi connectivity index (χ0) is 16.4. The van der Waals surface area contributed by atoms with Gasteiger partial charge in [0.2, 0.25) is 0 Å². The van der Waals surface area contributed by atoms with Gasteiger partial charge < -0.3 is 14.8 Å². The molecule has 0 spiro atoms. The van der Waals surface area contributed by atoms with Gasteiger partial charge in [0, 0.05) is 29.4 Å². The van der Waals surface area contributed by atoms with Crippen LogP contribution in [0.5, 0.6) is 11.5 Å². The number of nitrogens with zero attached hydrogens (tertiary/aromatic N) is 1. The fourth-order valence-corrected chi connectivity index (χ4v) is 2.41. The number of rotatable bonds is 3. The predicted octanol–water partition coefficient (Wildman–Crippen LogP) is 3.27. The zero-order valence-corrected chi connectivity index (χ0v) is 12.5. The number of fused-ring (bicyclic) bond motifs is 1. The van der Waals surface area contributed by atoms with E-state index in [-0.39, 0.29) is 11.3 Å². The second-order valence-corrected chi connectivity index (χ2v) is 5.15. The van der Waals surface area contributed by atoms with Crippen LogP contribution in [0.4, 0.5) is 11.4 Å². The highest BCUT2D eigenvalue weighted by atomic mass is 35.5. The Morgan fingerprint density at radius 1 is 1.22 bits per heavy atom. The lowest BCUT2D eigenvalue weighted by Gasteiger charge is -2.20. The third-order valence-electron chi connectivity index (χ3n) is 3.17. The number of nitrogens with one attached hydrogen (secondary N) is 1. The van der Waals surface area contributed by atoms with E-state index in [9.17, 15) is 14.9 Å². The van der Waals surface area contributed by atoms with Crippen LogP contribution < -0.4 is 14.8 Å². The molecule has 0 bridgehead atoms. The molecule has 8 heteroatoms. The number of hydrogen-bond acceptors (Lipinski definition) is 5. The summed E-state index contributed by atoms with van der Waals surface area (Å²) in [5.41, 5.74) is 0.429. The third-order valence-corrected chi connectivity index (χ3v) is 3.45. The van der Waals surface area contributed by atoms with E-state index in [1.165, 1.54) is 30.3 Å².